The van der Waals surface area contributed by atoms with Crippen LogP contribution in [0.15, 0.2) is 12.7 Å². The first kappa shape index (κ1) is 21.2. The Labute approximate surface area is 126 Å². The first-order valence-electron chi connectivity index (χ1n) is 5.62. The zero-order chi connectivity index (χ0) is 18.5. The lowest BCUT2D eigenvalue weighted by Crippen LogP contribution is -2.52. The van der Waals surface area contributed by atoms with E-state index in [1.807, 2.05) is 0 Å². The van der Waals surface area contributed by atoms with Crippen molar-refractivity contribution in [1.82, 2.24) is 0 Å². The molecule has 0 saturated carbocycles. The van der Waals surface area contributed by atoms with Crippen LogP contribution >= 0.6 is 0 Å². The highest BCUT2D eigenvalue weighted by molar-refractivity contribution is 7.86. The standard InChI is InChI=1S/C10H11F5O7S/c1-2-6(16)21-5-3-4-7(17)22-8(9(11,12)13)10(14,15)23(18,19)20/h2,8H,1,3-5H2,(H,18,19,20)/p-1. The molecule has 13 heteroatoms. The SMILES string of the molecule is C=CC(=O)OCCCC(=O)OC(C(F)(F)F)C(F)(F)S(=O)(=O)[O-]. The first-order valence-corrected chi connectivity index (χ1v) is 7.03. The molecule has 0 aromatic rings. The maximum atomic E-state index is 13.0. The van der Waals surface area contributed by atoms with Crippen LogP contribution in [0.2, 0.25) is 0 Å². The lowest BCUT2D eigenvalue weighted by atomic mass is 10.3. The van der Waals surface area contributed by atoms with Gasteiger partial charge in [0.15, 0.2) is 10.1 Å². The van der Waals surface area contributed by atoms with Crippen molar-refractivity contribution in [2.24, 2.45) is 0 Å². The summed E-state index contributed by atoms with van der Waals surface area (Å²) in [6.07, 6.45) is -11.0. The second-order valence-corrected chi connectivity index (χ2v) is 5.36. The molecule has 1 unspecified atom stereocenters. The van der Waals surface area contributed by atoms with Gasteiger partial charge < -0.3 is 14.0 Å². The van der Waals surface area contributed by atoms with E-state index in [1.54, 1.807) is 0 Å². The molecule has 1 atom stereocenters. The fraction of sp³-hybridized carbons (Fsp3) is 0.600. The topological polar surface area (TPSA) is 110 Å². The number of hydrogen-bond donors (Lipinski definition) is 0. The van der Waals surface area contributed by atoms with Gasteiger partial charge in [0.25, 0.3) is 6.10 Å². The van der Waals surface area contributed by atoms with Crippen molar-refractivity contribution in [2.75, 3.05) is 6.61 Å². The van der Waals surface area contributed by atoms with Gasteiger partial charge in [-0.2, -0.15) is 22.0 Å². The van der Waals surface area contributed by atoms with Gasteiger partial charge >= 0.3 is 23.4 Å². The van der Waals surface area contributed by atoms with Crippen molar-refractivity contribution in [3.63, 3.8) is 0 Å². The normalized spacial score (nSPS) is 14.0. The number of ether oxygens (including phenoxy) is 2. The number of rotatable bonds is 8. The molecule has 0 aliphatic carbocycles. The number of esters is 2. The van der Waals surface area contributed by atoms with Crippen LogP contribution < -0.4 is 0 Å². The third-order valence-corrected chi connectivity index (χ3v) is 3.00. The summed E-state index contributed by atoms with van der Waals surface area (Å²) in [5.74, 6) is -2.75. The van der Waals surface area contributed by atoms with Gasteiger partial charge in [0.05, 0.1) is 6.61 Å². The molecule has 134 valence electrons. The second-order valence-electron chi connectivity index (χ2n) is 3.90. The molecule has 0 amide bonds. The highest BCUT2D eigenvalue weighted by atomic mass is 32.2. The highest BCUT2D eigenvalue weighted by Crippen LogP contribution is 2.38. The van der Waals surface area contributed by atoms with Crippen LogP contribution in [0.3, 0.4) is 0 Å². The van der Waals surface area contributed by atoms with Crippen LogP contribution in [-0.4, -0.2) is 49.1 Å². The van der Waals surface area contributed by atoms with Gasteiger partial charge in [-0.25, -0.2) is 13.2 Å². The summed E-state index contributed by atoms with van der Waals surface area (Å²) in [6.45, 7) is 2.58. The molecule has 0 rings (SSSR count). The number of alkyl halides is 5. The summed E-state index contributed by atoms with van der Waals surface area (Å²) in [4.78, 5) is 21.7. The van der Waals surface area contributed by atoms with E-state index in [0.29, 0.717) is 0 Å². The predicted molar refractivity (Wildman–Crippen MR) is 61.0 cm³/mol. The minimum absolute atomic E-state index is 0.390. The summed E-state index contributed by atoms with van der Waals surface area (Å²) >= 11 is 0. The number of hydrogen-bond acceptors (Lipinski definition) is 7. The zero-order valence-electron chi connectivity index (χ0n) is 11.1. The van der Waals surface area contributed by atoms with Crippen LogP contribution in [0.25, 0.3) is 0 Å². The van der Waals surface area contributed by atoms with Crippen molar-refractivity contribution in [2.45, 2.75) is 30.4 Å². The van der Waals surface area contributed by atoms with Crippen molar-refractivity contribution < 1.29 is 54.0 Å². The molecule has 0 N–H and O–H groups in total. The maximum absolute atomic E-state index is 13.0. The van der Waals surface area contributed by atoms with Crippen LogP contribution in [0, 0.1) is 0 Å². The molecule has 23 heavy (non-hydrogen) atoms. The van der Waals surface area contributed by atoms with Gasteiger partial charge in [0, 0.05) is 12.5 Å². The third-order valence-electron chi connectivity index (χ3n) is 2.12. The summed E-state index contributed by atoms with van der Waals surface area (Å²) in [7, 11) is -6.73. The van der Waals surface area contributed by atoms with E-state index < -0.39 is 59.0 Å². The zero-order valence-corrected chi connectivity index (χ0v) is 12.0. The Morgan fingerprint density at radius 1 is 1.22 bits per heavy atom. The fourth-order valence-electron chi connectivity index (χ4n) is 1.10. The van der Waals surface area contributed by atoms with E-state index in [2.05, 4.69) is 16.1 Å². The van der Waals surface area contributed by atoms with Crippen molar-refractivity contribution in [1.29, 1.82) is 0 Å². The Morgan fingerprint density at radius 2 is 1.74 bits per heavy atom. The first-order chi connectivity index (χ1) is 10.2. The van der Waals surface area contributed by atoms with E-state index in [1.165, 1.54) is 0 Å². The van der Waals surface area contributed by atoms with Gasteiger partial charge in [-0.3, -0.25) is 4.79 Å². The van der Waals surface area contributed by atoms with Crippen molar-refractivity contribution in [3.05, 3.63) is 12.7 Å². The Bertz CT molecular complexity index is 554. The Hall–Kier alpha value is -1.76. The molecule has 0 aromatic carbocycles. The van der Waals surface area contributed by atoms with Crippen LogP contribution in [0.4, 0.5) is 22.0 Å². The molecule has 0 bridgehead atoms. The van der Waals surface area contributed by atoms with E-state index in [4.69, 9.17) is 0 Å². The highest BCUT2D eigenvalue weighted by Gasteiger charge is 2.62. The van der Waals surface area contributed by atoms with E-state index in [0.717, 1.165) is 6.08 Å². The average molecular weight is 369 g/mol. The Morgan fingerprint density at radius 3 is 2.13 bits per heavy atom. The molecule has 0 saturated heterocycles. The molecule has 0 fully saturated rings. The summed E-state index contributed by atoms with van der Waals surface area (Å²) < 4.78 is 102. The minimum atomic E-state index is -6.73. The van der Waals surface area contributed by atoms with E-state index >= 15 is 0 Å². The Kier molecular flexibility index (Phi) is 7.09. The lowest BCUT2D eigenvalue weighted by Gasteiger charge is -2.29. The summed E-state index contributed by atoms with van der Waals surface area (Å²) in [5.41, 5.74) is 0. The number of carbonyl (C=O) groups is 2. The third kappa shape index (κ3) is 6.48. The van der Waals surface area contributed by atoms with Crippen LogP contribution in [0.1, 0.15) is 12.8 Å². The molecule has 0 radical (unpaired) electrons. The molecule has 0 aliphatic heterocycles. The summed E-state index contributed by atoms with van der Waals surface area (Å²) in [5, 5.41) is -5.89. The van der Waals surface area contributed by atoms with E-state index in [-0.39, 0.29) is 0 Å². The molecule has 0 spiro atoms. The average Bonchev–Trinajstić information content (AvgIpc) is 2.37. The molecular formula is C10H10F5O7S-. The molecule has 0 aromatic heterocycles. The predicted octanol–water partition coefficient (Wildman–Crippen LogP) is 1.11. The molecule has 0 aliphatic rings. The van der Waals surface area contributed by atoms with Gasteiger partial charge in [0.2, 0.25) is 0 Å². The van der Waals surface area contributed by atoms with Gasteiger partial charge in [-0.15, -0.1) is 0 Å². The van der Waals surface area contributed by atoms with Crippen LogP contribution in [-0.2, 0) is 29.2 Å². The minimum Gasteiger partial charge on any atom is -0.743 e. The Balaban J connectivity index is 4.85. The van der Waals surface area contributed by atoms with Crippen molar-refractivity contribution in [3.8, 4) is 0 Å². The fourth-order valence-corrected chi connectivity index (χ4v) is 1.54. The largest absolute Gasteiger partial charge is 0.743 e. The van der Waals surface area contributed by atoms with Gasteiger partial charge in [-0.05, 0) is 6.42 Å². The van der Waals surface area contributed by atoms with Crippen molar-refractivity contribution >= 4 is 22.1 Å². The number of halogens is 5. The summed E-state index contributed by atoms with van der Waals surface area (Å²) in [6, 6.07) is 0. The molecule has 0 heterocycles. The second kappa shape index (κ2) is 7.68. The maximum Gasteiger partial charge on any atom is 0.432 e. The van der Waals surface area contributed by atoms with Crippen LogP contribution in [0.5, 0.6) is 0 Å². The smallest absolute Gasteiger partial charge is 0.432 e. The lowest BCUT2D eigenvalue weighted by molar-refractivity contribution is -0.259. The quantitative estimate of drug-likeness (QED) is 0.207. The monoisotopic (exact) mass is 369 g/mol. The molecule has 7 nitrogen and oxygen atoms in total. The molecular weight excluding hydrogens is 359 g/mol. The van der Waals surface area contributed by atoms with Gasteiger partial charge in [-0.1, -0.05) is 6.58 Å². The number of carbonyl (C=O) groups excluding carboxylic acids is 2. The van der Waals surface area contributed by atoms with E-state index in [9.17, 15) is 44.5 Å². The van der Waals surface area contributed by atoms with Gasteiger partial charge in [0.1, 0.15) is 0 Å².